The smallest absolute Gasteiger partial charge is 0.0965 e. The highest BCUT2D eigenvalue weighted by atomic mass is 16.5. The molecule has 2 rings (SSSR count). The van der Waals surface area contributed by atoms with E-state index in [1.807, 2.05) is 6.26 Å². The maximum atomic E-state index is 6.03. The molecule has 3 heteroatoms. The predicted octanol–water partition coefficient (Wildman–Crippen LogP) is 2.58. The van der Waals surface area contributed by atoms with E-state index in [-0.39, 0.29) is 5.41 Å². The Hall–Kier alpha value is -0.540. The lowest BCUT2D eigenvalue weighted by Crippen LogP contribution is -2.32. The van der Waals surface area contributed by atoms with Gasteiger partial charge in [-0.05, 0) is 37.3 Å². The molecule has 3 nitrogen and oxygen atoms in total. The lowest BCUT2D eigenvalue weighted by Gasteiger charge is -2.32. The number of nitrogens with one attached hydrogen (secondary N) is 1. The molecule has 2 aliphatic rings. The molecule has 0 spiro atoms. The van der Waals surface area contributed by atoms with Crippen molar-refractivity contribution in [3.8, 4) is 0 Å². The quantitative estimate of drug-likeness (QED) is 0.835. The van der Waals surface area contributed by atoms with E-state index >= 15 is 0 Å². The Bertz CT molecular complexity index is 290. The Balaban J connectivity index is 1.92. The van der Waals surface area contributed by atoms with Crippen molar-refractivity contribution in [2.24, 2.45) is 17.3 Å². The largest absolute Gasteiger partial charge is 0.501 e. The van der Waals surface area contributed by atoms with E-state index in [9.17, 15) is 0 Å². The van der Waals surface area contributed by atoms with Gasteiger partial charge < -0.3 is 14.8 Å². The van der Waals surface area contributed by atoms with Crippen LogP contribution in [0.3, 0.4) is 0 Å². The van der Waals surface area contributed by atoms with E-state index in [1.54, 1.807) is 0 Å². The van der Waals surface area contributed by atoms with Crippen LogP contribution in [-0.4, -0.2) is 32.4 Å². The summed E-state index contributed by atoms with van der Waals surface area (Å²) >= 11 is 0. The summed E-state index contributed by atoms with van der Waals surface area (Å²) in [5.74, 6) is 1.26. The fraction of sp³-hybridized carbons (Fsp3) is 0.867. The molecule has 1 saturated heterocycles. The number of hydrogen-bond acceptors (Lipinski definition) is 3. The molecule has 0 aromatic heterocycles. The third kappa shape index (κ3) is 3.48. The minimum atomic E-state index is 0.200. The van der Waals surface area contributed by atoms with Crippen molar-refractivity contribution in [3.63, 3.8) is 0 Å². The van der Waals surface area contributed by atoms with Gasteiger partial charge in [0, 0.05) is 18.6 Å². The van der Waals surface area contributed by atoms with Gasteiger partial charge in [-0.25, -0.2) is 0 Å². The number of ether oxygens (including phenoxy) is 2. The first-order valence-electron chi connectivity index (χ1n) is 7.22. The molecule has 3 atom stereocenters. The zero-order valence-corrected chi connectivity index (χ0v) is 11.9. The van der Waals surface area contributed by atoms with Crippen LogP contribution in [0.4, 0.5) is 0 Å². The molecule has 104 valence electrons. The van der Waals surface area contributed by atoms with Crippen LogP contribution < -0.4 is 5.32 Å². The van der Waals surface area contributed by atoms with Gasteiger partial charge in [0.15, 0.2) is 0 Å². The molecule has 0 aromatic carbocycles. The Morgan fingerprint density at radius 2 is 2.33 bits per heavy atom. The molecule has 0 bridgehead atoms. The first-order chi connectivity index (χ1) is 8.60. The van der Waals surface area contributed by atoms with E-state index in [1.165, 1.54) is 6.42 Å². The summed E-state index contributed by atoms with van der Waals surface area (Å²) in [7, 11) is 0. The van der Waals surface area contributed by atoms with Gasteiger partial charge in [-0.3, -0.25) is 0 Å². The highest BCUT2D eigenvalue weighted by molar-refractivity contribution is 5.04. The summed E-state index contributed by atoms with van der Waals surface area (Å²) in [5.41, 5.74) is 0.200. The van der Waals surface area contributed by atoms with Crippen LogP contribution in [0.15, 0.2) is 12.3 Å². The second-order valence-corrected chi connectivity index (χ2v) is 6.39. The Morgan fingerprint density at radius 3 is 3.00 bits per heavy atom. The van der Waals surface area contributed by atoms with Gasteiger partial charge in [0.05, 0.1) is 19.0 Å². The monoisotopic (exact) mass is 253 g/mol. The van der Waals surface area contributed by atoms with Gasteiger partial charge in [0.2, 0.25) is 0 Å². The number of hydrogen-bond donors (Lipinski definition) is 1. The van der Waals surface area contributed by atoms with Crippen molar-refractivity contribution in [3.05, 3.63) is 12.3 Å². The number of rotatable bonds is 4. The molecular formula is C15H27NO2. The van der Waals surface area contributed by atoms with E-state index < -0.39 is 0 Å². The topological polar surface area (TPSA) is 30.5 Å². The minimum absolute atomic E-state index is 0.200. The van der Waals surface area contributed by atoms with Crippen LogP contribution in [-0.2, 0) is 9.47 Å². The van der Waals surface area contributed by atoms with Crippen LogP contribution >= 0.6 is 0 Å². The average molecular weight is 253 g/mol. The van der Waals surface area contributed by atoms with Gasteiger partial charge in [-0.2, -0.15) is 0 Å². The fourth-order valence-electron chi connectivity index (χ4n) is 2.85. The summed E-state index contributed by atoms with van der Waals surface area (Å²) in [4.78, 5) is 0. The summed E-state index contributed by atoms with van der Waals surface area (Å²) < 4.78 is 11.5. The van der Waals surface area contributed by atoms with Crippen LogP contribution in [0, 0.1) is 17.3 Å². The third-order valence-corrected chi connectivity index (χ3v) is 4.13. The van der Waals surface area contributed by atoms with Crippen LogP contribution in [0.5, 0.6) is 0 Å². The molecule has 1 N–H and O–H groups in total. The Labute approximate surface area is 111 Å². The van der Waals surface area contributed by atoms with Crippen molar-refractivity contribution >= 4 is 0 Å². The summed E-state index contributed by atoms with van der Waals surface area (Å²) in [6.07, 6.45) is 6.81. The van der Waals surface area contributed by atoms with E-state index in [0.717, 1.165) is 32.7 Å². The van der Waals surface area contributed by atoms with Crippen LogP contribution in [0.1, 0.15) is 33.6 Å². The molecule has 1 fully saturated rings. The molecule has 2 heterocycles. The fourth-order valence-corrected chi connectivity index (χ4v) is 2.85. The van der Waals surface area contributed by atoms with Gasteiger partial charge in [-0.1, -0.05) is 20.8 Å². The highest BCUT2D eigenvalue weighted by Gasteiger charge is 2.37. The van der Waals surface area contributed by atoms with Crippen molar-refractivity contribution < 1.29 is 9.47 Å². The first kappa shape index (κ1) is 13.9. The van der Waals surface area contributed by atoms with Gasteiger partial charge in [0.1, 0.15) is 0 Å². The molecule has 0 aromatic rings. The molecular weight excluding hydrogens is 226 g/mol. The lowest BCUT2D eigenvalue weighted by molar-refractivity contribution is 0.0126. The molecule has 1 unspecified atom stereocenters. The summed E-state index contributed by atoms with van der Waals surface area (Å²) in [5, 5.41) is 3.50. The molecule has 0 saturated carbocycles. The van der Waals surface area contributed by atoms with E-state index in [2.05, 4.69) is 32.2 Å². The lowest BCUT2D eigenvalue weighted by atomic mass is 9.74. The standard InChI is InChI=1S/C15H27NO2/c1-12(2)10-18-14-8-13(4-6-16-9-14)15(3)5-7-17-11-15/h5,7,12-14,16H,4,6,8-11H2,1-3H3/t13-,14+,15?/m0/s1. The summed E-state index contributed by atoms with van der Waals surface area (Å²) in [6, 6.07) is 0. The maximum absolute atomic E-state index is 6.03. The van der Waals surface area contributed by atoms with Gasteiger partial charge >= 0.3 is 0 Å². The minimum Gasteiger partial charge on any atom is -0.501 e. The van der Waals surface area contributed by atoms with Crippen molar-refractivity contribution in [1.82, 2.24) is 5.32 Å². The maximum Gasteiger partial charge on any atom is 0.0965 e. The van der Waals surface area contributed by atoms with Crippen molar-refractivity contribution in [2.45, 2.75) is 39.7 Å². The van der Waals surface area contributed by atoms with Crippen LogP contribution in [0.25, 0.3) is 0 Å². The molecule has 0 amide bonds. The molecule has 2 aliphatic heterocycles. The van der Waals surface area contributed by atoms with Gasteiger partial charge in [0.25, 0.3) is 0 Å². The second kappa shape index (κ2) is 6.07. The van der Waals surface area contributed by atoms with Crippen molar-refractivity contribution in [2.75, 3.05) is 26.3 Å². The molecule has 0 radical (unpaired) electrons. The highest BCUT2D eigenvalue weighted by Crippen LogP contribution is 2.39. The third-order valence-electron chi connectivity index (χ3n) is 4.13. The predicted molar refractivity (Wildman–Crippen MR) is 73.4 cm³/mol. The average Bonchev–Trinajstić information content (AvgIpc) is 2.64. The second-order valence-electron chi connectivity index (χ2n) is 6.39. The first-order valence-corrected chi connectivity index (χ1v) is 7.22. The van der Waals surface area contributed by atoms with Crippen molar-refractivity contribution in [1.29, 1.82) is 0 Å². The van der Waals surface area contributed by atoms with E-state index in [0.29, 0.717) is 17.9 Å². The van der Waals surface area contributed by atoms with Crippen LogP contribution in [0.2, 0.25) is 0 Å². The molecule has 18 heavy (non-hydrogen) atoms. The Morgan fingerprint density at radius 1 is 1.50 bits per heavy atom. The molecule has 0 aliphatic carbocycles. The zero-order chi connectivity index (χ0) is 13.0. The van der Waals surface area contributed by atoms with E-state index in [4.69, 9.17) is 9.47 Å². The normalized spacial score (nSPS) is 36.7. The zero-order valence-electron chi connectivity index (χ0n) is 11.9. The Kier molecular flexibility index (Phi) is 4.68. The SMILES string of the molecule is CC(C)CO[C@H]1CNCC[C@H](C2(C)C=COC2)C1. The van der Waals surface area contributed by atoms with Gasteiger partial charge in [-0.15, -0.1) is 0 Å². The summed E-state index contributed by atoms with van der Waals surface area (Å²) in [6.45, 7) is 10.5.